The molecule has 2 aromatic carbocycles. The van der Waals surface area contributed by atoms with Crippen molar-refractivity contribution in [1.82, 2.24) is 4.90 Å². The molecule has 0 spiro atoms. The average Bonchev–Trinajstić information content (AvgIpc) is 2.74. The van der Waals surface area contributed by atoms with Gasteiger partial charge in [0.05, 0.1) is 12.7 Å². The number of rotatable bonds is 4. The summed E-state index contributed by atoms with van der Waals surface area (Å²) in [5.41, 5.74) is 1.64. The number of benzene rings is 2. The smallest absolute Gasteiger partial charge is 0.119 e. The summed E-state index contributed by atoms with van der Waals surface area (Å²) >= 11 is 0. The third-order valence-electron chi connectivity index (χ3n) is 7.05. The lowest BCUT2D eigenvalue weighted by molar-refractivity contribution is -0.0764. The van der Waals surface area contributed by atoms with Crippen LogP contribution in [0, 0.1) is 5.92 Å². The standard InChI is InChI=1S/C24H31NO2/c1-3-25-15-14-23(20-10-7-11-22(16-20)27-2)18-24(26,13-12-21(23)17-25)19-8-5-4-6-9-19/h4-11,16,21,26H,3,12-15,17-18H2,1-2H3/t21-,23+,24?/m1/s1. The van der Waals surface area contributed by atoms with Gasteiger partial charge < -0.3 is 14.7 Å². The van der Waals surface area contributed by atoms with Crippen LogP contribution in [0.5, 0.6) is 5.75 Å². The van der Waals surface area contributed by atoms with Crippen LogP contribution in [0.15, 0.2) is 54.6 Å². The summed E-state index contributed by atoms with van der Waals surface area (Å²) in [5, 5.41) is 11.7. The number of piperidine rings is 1. The van der Waals surface area contributed by atoms with Gasteiger partial charge in [0.1, 0.15) is 5.75 Å². The first kappa shape index (κ1) is 18.5. The molecule has 2 aromatic rings. The Hall–Kier alpha value is -1.84. The van der Waals surface area contributed by atoms with Crippen LogP contribution in [0.3, 0.4) is 0 Å². The van der Waals surface area contributed by atoms with E-state index in [2.05, 4.69) is 42.2 Å². The number of methoxy groups -OCH3 is 1. The minimum absolute atomic E-state index is 0.00303. The second kappa shape index (κ2) is 7.29. The average molecular weight is 366 g/mol. The molecule has 2 aliphatic rings. The molecule has 27 heavy (non-hydrogen) atoms. The first-order valence-electron chi connectivity index (χ1n) is 10.2. The van der Waals surface area contributed by atoms with Crippen molar-refractivity contribution in [2.45, 2.75) is 43.6 Å². The first-order chi connectivity index (χ1) is 13.1. The zero-order chi connectivity index (χ0) is 18.9. The van der Waals surface area contributed by atoms with Crippen molar-refractivity contribution in [3.8, 4) is 5.75 Å². The topological polar surface area (TPSA) is 32.7 Å². The van der Waals surface area contributed by atoms with E-state index in [4.69, 9.17) is 4.74 Å². The van der Waals surface area contributed by atoms with E-state index in [9.17, 15) is 5.11 Å². The molecule has 0 aromatic heterocycles. The van der Waals surface area contributed by atoms with Crippen molar-refractivity contribution >= 4 is 0 Å². The number of ether oxygens (including phenoxy) is 1. The molecule has 3 nitrogen and oxygen atoms in total. The summed E-state index contributed by atoms with van der Waals surface area (Å²) in [6, 6.07) is 18.8. The summed E-state index contributed by atoms with van der Waals surface area (Å²) in [6.07, 6.45) is 3.78. The molecule has 1 aliphatic carbocycles. The monoisotopic (exact) mass is 365 g/mol. The first-order valence-corrected chi connectivity index (χ1v) is 10.2. The molecule has 3 atom stereocenters. The number of hydrogen-bond donors (Lipinski definition) is 1. The Morgan fingerprint density at radius 1 is 1.07 bits per heavy atom. The molecule has 0 radical (unpaired) electrons. The minimum atomic E-state index is -0.755. The highest BCUT2D eigenvalue weighted by Crippen LogP contribution is 2.55. The van der Waals surface area contributed by atoms with Gasteiger partial charge in [-0.2, -0.15) is 0 Å². The van der Waals surface area contributed by atoms with E-state index in [-0.39, 0.29) is 5.41 Å². The van der Waals surface area contributed by atoms with Crippen LogP contribution in [0.1, 0.15) is 43.7 Å². The molecule has 1 aliphatic heterocycles. The van der Waals surface area contributed by atoms with Gasteiger partial charge in [-0.25, -0.2) is 0 Å². The van der Waals surface area contributed by atoms with Gasteiger partial charge in [-0.3, -0.25) is 0 Å². The number of nitrogens with zero attached hydrogens (tertiary/aromatic N) is 1. The van der Waals surface area contributed by atoms with Crippen LogP contribution in [-0.4, -0.2) is 36.8 Å². The predicted molar refractivity (Wildman–Crippen MR) is 109 cm³/mol. The van der Waals surface area contributed by atoms with Crippen molar-refractivity contribution in [2.24, 2.45) is 5.92 Å². The molecule has 1 N–H and O–H groups in total. The van der Waals surface area contributed by atoms with Gasteiger partial charge >= 0.3 is 0 Å². The zero-order valence-corrected chi connectivity index (χ0v) is 16.5. The van der Waals surface area contributed by atoms with Gasteiger partial charge in [-0.15, -0.1) is 0 Å². The van der Waals surface area contributed by atoms with E-state index < -0.39 is 5.60 Å². The predicted octanol–water partition coefficient (Wildman–Crippen LogP) is 4.35. The van der Waals surface area contributed by atoms with Crippen molar-refractivity contribution < 1.29 is 9.84 Å². The lowest BCUT2D eigenvalue weighted by Gasteiger charge is -2.55. The van der Waals surface area contributed by atoms with E-state index in [0.717, 1.165) is 56.6 Å². The maximum Gasteiger partial charge on any atom is 0.119 e. The zero-order valence-electron chi connectivity index (χ0n) is 16.5. The fourth-order valence-corrected chi connectivity index (χ4v) is 5.46. The second-order valence-electron chi connectivity index (χ2n) is 8.34. The van der Waals surface area contributed by atoms with E-state index in [1.807, 2.05) is 24.3 Å². The lowest BCUT2D eigenvalue weighted by atomic mass is 9.54. The summed E-state index contributed by atoms with van der Waals surface area (Å²) in [7, 11) is 1.73. The van der Waals surface area contributed by atoms with Gasteiger partial charge in [0.15, 0.2) is 0 Å². The number of hydrogen-bond acceptors (Lipinski definition) is 3. The van der Waals surface area contributed by atoms with Crippen LogP contribution >= 0.6 is 0 Å². The molecule has 3 heteroatoms. The molecule has 1 saturated heterocycles. The Morgan fingerprint density at radius 3 is 2.59 bits per heavy atom. The number of likely N-dealkylation sites (tertiary alicyclic amines) is 1. The molecule has 1 heterocycles. The van der Waals surface area contributed by atoms with Crippen molar-refractivity contribution in [3.05, 3.63) is 65.7 Å². The van der Waals surface area contributed by atoms with Crippen LogP contribution < -0.4 is 4.74 Å². The molecule has 0 bridgehead atoms. The maximum absolute atomic E-state index is 11.7. The van der Waals surface area contributed by atoms with E-state index in [1.165, 1.54) is 5.56 Å². The van der Waals surface area contributed by atoms with E-state index in [0.29, 0.717) is 5.92 Å². The number of aliphatic hydroxyl groups is 1. The summed E-state index contributed by atoms with van der Waals surface area (Å²) in [5.74, 6) is 1.48. The third kappa shape index (κ3) is 3.28. The highest BCUT2D eigenvalue weighted by atomic mass is 16.5. The van der Waals surface area contributed by atoms with Crippen molar-refractivity contribution in [3.63, 3.8) is 0 Å². The molecule has 0 amide bonds. The molecule has 1 unspecified atom stereocenters. The van der Waals surface area contributed by atoms with Crippen molar-refractivity contribution in [2.75, 3.05) is 26.7 Å². The van der Waals surface area contributed by atoms with Gasteiger partial charge in [-0.1, -0.05) is 49.4 Å². The third-order valence-corrected chi connectivity index (χ3v) is 7.05. The molecule has 4 rings (SSSR count). The molecule has 2 fully saturated rings. The Balaban J connectivity index is 1.76. The Labute approximate surface area is 163 Å². The molecule has 1 saturated carbocycles. The second-order valence-corrected chi connectivity index (χ2v) is 8.34. The van der Waals surface area contributed by atoms with E-state index in [1.54, 1.807) is 7.11 Å². The highest BCUT2D eigenvalue weighted by molar-refractivity contribution is 5.38. The van der Waals surface area contributed by atoms with Gasteiger partial charge in [0, 0.05) is 12.0 Å². The van der Waals surface area contributed by atoms with Crippen LogP contribution in [-0.2, 0) is 11.0 Å². The highest BCUT2D eigenvalue weighted by Gasteiger charge is 2.52. The van der Waals surface area contributed by atoms with Gasteiger partial charge in [0.25, 0.3) is 0 Å². The number of fused-ring (bicyclic) bond motifs is 1. The van der Waals surface area contributed by atoms with Crippen LogP contribution in [0.25, 0.3) is 0 Å². The summed E-state index contributed by atoms with van der Waals surface area (Å²) in [4.78, 5) is 2.57. The minimum Gasteiger partial charge on any atom is -0.497 e. The lowest BCUT2D eigenvalue weighted by Crippen LogP contribution is -2.56. The molecular formula is C24H31NO2. The normalized spacial score (nSPS) is 31.3. The maximum atomic E-state index is 11.7. The van der Waals surface area contributed by atoms with Gasteiger partial charge in [-0.05, 0) is 68.0 Å². The molecular weight excluding hydrogens is 334 g/mol. The Morgan fingerprint density at radius 2 is 1.85 bits per heavy atom. The fourth-order valence-electron chi connectivity index (χ4n) is 5.46. The largest absolute Gasteiger partial charge is 0.497 e. The molecule has 144 valence electrons. The van der Waals surface area contributed by atoms with E-state index >= 15 is 0 Å². The quantitative estimate of drug-likeness (QED) is 0.874. The van der Waals surface area contributed by atoms with Gasteiger partial charge in [0.2, 0.25) is 0 Å². The summed E-state index contributed by atoms with van der Waals surface area (Å²) in [6.45, 7) is 5.57. The fraction of sp³-hybridized carbons (Fsp3) is 0.500. The SMILES string of the molecule is CCN1CC[C@@]2(c3cccc(OC)c3)CC(O)(c3ccccc3)CC[C@@H]2C1. The Kier molecular flexibility index (Phi) is 5.00. The van der Waals surface area contributed by atoms with Crippen LogP contribution in [0.4, 0.5) is 0 Å². The Bertz CT molecular complexity index is 777. The van der Waals surface area contributed by atoms with Crippen LogP contribution in [0.2, 0.25) is 0 Å². The van der Waals surface area contributed by atoms with Crippen molar-refractivity contribution in [1.29, 1.82) is 0 Å². The summed E-state index contributed by atoms with van der Waals surface area (Å²) < 4.78 is 5.53.